The lowest BCUT2D eigenvalue weighted by Gasteiger charge is -2.14. The molecule has 12 heavy (non-hydrogen) atoms. The summed E-state index contributed by atoms with van der Waals surface area (Å²) in [6.45, 7) is 5.38. The largest absolute Gasteiger partial charge is 0.396 e. The summed E-state index contributed by atoms with van der Waals surface area (Å²) >= 11 is 0. The molecule has 0 rings (SSSR count). The fraction of sp³-hybridized carbons (Fsp3) is 1.00. The van der Waals surface area contributed by atoms with E-state index in [9.17, 15) is 0 Å². The summed E-state index contributed by atoms with van der Waals surface area (Å²) in [7, 11) is 0. The van der Waals surface area contributed by atoms with Crippen molar-refractivity contribution in [1.82, 2.24) is 0 Å². The van der Waals surface area contributed by atoms with Crippen molar-refractivity contribution in [3.05, 3.63) is 0 Å². The summed E-state index contributed by atoms with van der Waals surface area (Å²) in [5, 5.41) is 8.69. The minimum Gasteiger partial charge on any atom is -0.396 e. The summed E-state index contributed by atoms with van der Waals surface area (Å²) < 4.78 is 5.57. The lowest BCUT2D eigenvalue weighted by atomic mass is 10.2. The Hall–Kier alpha value is -0.0800. The van der Waals surface area contributed by atoms with Crippen LogP contribution in [0.2, 0.25) is 0 Å². The van der Waals surface area contributed by atoms with Crippen LogP contribution >= 0.6 is 0 Å². The van der Waals surface area contributed by atoms with Crippen LogP contribution in [0.3, 0.4) is 0 Å². The Balaban J connectivity index is 3.19. The molecule has 0 saturated heterocycles. The molecule has 0 heterocycles. The van der Waals surface area contributed by atoms with Gasteiger partial charge in [0, 0.05) is 13.2 Å². The normalized spacial score (nSPS) is 13.2. The van der Waals surface area contributed by atoms with Gasteiger partial charge >= 0.3 is 0 Å². The van der Waals surface area contributed by atoms with Gasteiger partial charge in [-0.15, -0.1) is 0 Å². The molecule has 0 aromatic heterocycles. The molecule has 0 aromatic carbocycles. The molecule has 0 fully saturated rings. The summed E-state index contributed by atoms with van der Waals surface area (Å²) in [6, 6.07) is 0. The Morgan fingerprint density at radius 1 is 1.25 bits per heavy atom. The highest BCUT2D eigenvalue weighted by Crippen LogP contribution is 2.04. The molecule has 1 atom stereocenters. The summed E-state index contributed by atoms with van der Waals surface area (Å²) in [5.41, 5.74) is 0. The van der Waals surface area contributed by atoms with Crippen molar-refractivity contribution in [3.63, 3.8) is 0 Å². The highest BCUT2D eigenvalue weighted by atomic mass is 16.5. The molecule has 0 saturated carbocycles. The SMILES string of the molecule is CCCCCOC(CC)CCO. The van der Waals surface area contributed by atoms with Crippen LogP contribution in [0.5, 0.6) is 0 Å². The monoisotopic (exact) mass is 174 g/mol. The van der Waals surface area contributed by atoms with Crippen LogP contribution < -0.4 is 0 Å². The van der Waals surface area contributed by atoms with Gasteiger partial charge in [0.05, 0.1) is 6.10 Å². The van der Waals surface area contributed by atoms with Crippen molar-refractivity contribution in [3.8, 4) is 0 Å². The van der Waals surface area contributed by atoms with E-state index in [1.54, 1.807) is 0 Å². The molecular weight excluding hydrogens is 152 g/mol. The first-order chi connectivity index (χ1) is 5.85. The van der Waals surface area contributed by atoms with Gasteiger partial charge in [0.2, 0.25) is 0 Å². The molecule has 1 unspecified atom stereocenters. The molecule has 2 heteroatoms. The second-order valence-corrected chi connectivity index (χ2v) is 3.12. The lowest BCUT2D eigenvalue weighted by molar-refractivity contribution is 0.0314. The van der Waals surface area contributed by atoms with E-state index in [1.807, 2.05) is 0 Å². The minimum absolute atomic E-state index is 0.242. The third-order valence-corrected chi connectivity index (χ3v) is 2.01. The summed E-state index contributed by atoms with van der Waals surface area (Å²) in [6.07, 6.45) is 5.69. The van der Waals surface area contributed by atoms with Gasteiger partial charge < -0.3 is 9.84 Å². The van der Waals surface area contributed by atoms with Crippen LogP contribution in [0, 0.1) is 0 Å². The Morgan fingerprint density at radius 2 is 2.00 bits per heavy atom. The standard InChI is InChI=1S/C10H22O2/c1-3-5-6-9-12-10(4-2)7-8-11/h10-11H,3-9H2,1-2H3. The topological polar surface area (TPSA) is 29.5 Å². The van der Waals surface area contributed by atoms with E-state index < -0.39 is 0 Å². The number of ether oxygens (including phenoxy) is 1. The van der Waals surface area contributed by atoms with Crippen LogP contribution in [0.4, 0.5) is 0 Å². The molecule has 0 amide bonds. The second-order valence-electron chi connectivity index (χ2n) is 3.12. The Labute approximate surface area is 75.9 Å². The molecular formula is C10H22O2. The van der Waals surface area contributed by atoms with Crippen molar-refractivity contribution >= 4 is 0 Å². The molecule has 0 aromatic rings. The van der Waals surface area contributed by atoms with Crippen molar-refractivity contribution < 1.29 is 9.84 Å². The Bertz CT molecular complexity index is 83.9. The molecule has 0 spiro atoms. The van der Waals surface area contributed by atoms with Crippen LogP contribution in [-0.4, -0.2) is 24.4 Å². The molecule has 0 bridgehead atoms. The predicted octanol–water partition coefficient (Wildman–Crippen LogP) is 2.35. The van der Waals surface area contributed by atoms with E-state index in [-0.39, 0.29) is 12.7 Å². The molecule has 74 valence electrons. The van der Waals surface area contributed by atoms with Gasteiger partial charge in [0.15, 0.2) is 0 Å². The highest BCUT2D eigenvalue weighted by molar-refractivity contribution is 4.53. The number of aliphatic hydroxyl groups is 1. The average molecular weight is 174 g/mol. The van der Waals surface area contributed by atoms with Crippen LogP contribution in [0.1, 0.15) is 46.0 Å². The van der Waals surface area contributed by atoms with Crippen LogP contribution in [0.15, 0.2) is 0 Å². The van der Waals surface area contributed by atoms with Gasteiger partial charge in [-0.1, -0.05) is 26.7 Å². The van der Waals surface area contributed by atoms with Crippen LogP contribution in [0.25, 0.3) is 0 Å². The lowest BCUT2D eigenvalue weighted by Crippen LogP contribution is -2.14. The van der Waals surface area contributed by atoms with Gasteiger partial charge in [-0.05, 0) is 19.3 Å². The van der Waals surface area contributed by atoms with E-state index in [2.05, 4.69) is 13.8 Å². The first-order valence-corrected chi connectivity index (χ1v) is 5.07. The first-order valence-electron chi connectivity index (χ1n) is 5.07. The maximum atomic E-state index is 8.69. The molecule has 0 aliphatic carbocycles. The molecule has 1 N–H and O–H groups in total. The third-order valence-electron chi connectivity index (χ3n) is 2.01. The number of hydrogen-bond acceptors (Lipinski definition) is 2. The number of hydrogen-bond donors (Lipinski definition) is 1. The van der Waals surface area contributed by atoms with Gasteiger partial charge in [0.1, 0.15) is 0 Å². The average Bonchev–Trinajstić information content (AvgIpc) is 2.10. The van der Waals surface area contributed by atoms with Gasteiger partial charge in [-0.2, -0.15) is 0 Å². The first kappa shape index (κ1) is 11.9. The minimum atomic E-state index is 0.242. The van der Waals surface area contributed by atoms with Gasteiger partial charge in [-0.25, -0.2) is 0 Å². The predicted molar refractivity (Wildman–Crippen MR) is 51.3 cm³/mol. The fourth-order valence-electron chi connectivity index (χ4n) is 1.15. The quantitative estimate of drug-likeness (QED) is 0.572. The maximum Gasteiger partial charge on any atom is 0.0594 e. The van der Waals surface area contributed by atoms with Crippen LogP contribution in [-0.2, 0) is 4.74 Å². The Kier molecular flexibility index (Phi) is 8.95. The van der Waals surface area contributed by atoms with E-state index >= 15 is 0 Å². The third kappa shape index (κ3) is 6.62. The van der Waals surface area contributed by atoms with Crippen molar-refractivity contribution in [1.29, 1.82) is 0 Å². The van der Waals surface area contributed by atoms with Crippen molar-refractivity contribution in [2.24, 2.45) is 0 Å². The number of rotatable bonds is 8. The second kappa shape index (κ2) is 9.01. The zero-order chi connectivity index (χ0) is 9.23. The maximum absolute atomic E-state index is 8.69. The van der Waals surface area contributed by atoms with Gasteiger partial charge in [-0.3, -0.25) is 0 Å². The van der Waals surface area contributed by atoms with Crippen molar-refractivity contribution in [2.45, 2.75) is 52.1 Å². The van der Waals surface area contributed by atoms with E-state index in [0.717, 1.165) is 25.9 Å². The summed E-state index contributed by atoms with van der Waals surface area (Å²) in [4.78, 5) is 0. The molecule has 0 aliphatic heterocycles. The zero-order valence-electron chi connectivity index (χ0n) is 8.38. The molecule has 2 nitrogen and oxygen atoms in total. The Morgan fingerprint density at radius 3 is 2.50 bits per heavy atom. The number of aliphatic hydroxyl groups excluding tert-OH is 1. The highest BCUT2D eigenvalue weighted by Gasteiger charge is 2.04. The number of unbranched alkanes of at least 4 members (excludes halogenated alkanes) is 2. The summed E-state index contributed by atoms with van der Waals surface area (Å²) in [5.74, 6) is 0. The fourth-order valence-corrected chi connectivity index (χ4v) is 1.15. The van der Waals surface area contributed by atoms with E-state index in [4.69, 9.17) is 9.84 Å². The molecule has 0 aliphatic rings. The molecule has 0 radical (unpaired) electrons. The van der Waals surface area contributed by atoms with E-state index in [1.165, 1.54) is 12.8 Å². The van der Waals surface area contributed by atoms with Crippen molar-refractivity contribution in [2.75, 3.05) is 13.2 Å². The smallest absolute Gasteiger partial charge is 0.0594 e. The van der Waals surface area contributed by atoms with Gasteiger partial charge in [0.25, 0.3) is 0 Å². The van der Waals surface area contributed by atoms with E-state index in [0.29, 0.717) is 0 Å². The zero-order valence-corrected chi connectivity index (χ0v) is 8.38.